The molecule has 1 atom stereocenters. The van der Waals surface area contributed by atoms with E-state index in [0.717, 1.165) is 31.4 Å². The molecule has 0 saturated heterocycles. The van der Waals surface area contributed by atoms with Gasteiger partial charge in [0.2, 0.25) is 5.91 Å². The summed E-state index contributed by atoms with van der Waals surface area (Å²) in [5, 5.41) is 7.67. The molecular formula is C21H20BrN3O2. The van der Waals surface area contributed by atoms with Crippen LogP contribution in [0.2, 0.25) is 0 Å². The SMILES string of the molecule is O=C(/C=C/c1ccc(Br)o1)NC1CCCc2c1cnn2Cc1ccccc1. The highest BCUT2D eigenvalue weighted by atomic mass is 79.9. The fourth-order valence-electron chi connectivity index (χ4n) is 3.46. The van der Waals surface area contributed by atoms with Crippen molar-refractivity contribution in [2.45, 2.75) is 31.8 Å². The number of amides is 1. The Labute approximate surface area is 166 Å². The molecule has 2 heterocycles. The maximum absolute atomic E-state index is 12.3. The van der Waals surface area contributed by atoms with Gasteiger partial charge in [0.05, 0.1) is 18.8 Å². The fraction of sp³-hybridized carbons (Fsp3) is 0.238. The van der Waals surface area contributed by atoms with Gasteiger partial charge < -0.3 is 9.73 Å². The van der Waals surface area contributed by atoms with E-state index in [1.165, 1.54) is 17.3 Å². The molecule has 0 spiro atoms. The maximum atomic E-state index is 12.3. The van der Waals surface area contributed by atoms with Crippen molar-refractivity contribution in [3.8, 4) is 0 Å². The molecule has 5 nitrogen and oxygen atoms in total. The first-order valence-electron chi connectivity index (χ1n) is 9.01. The Bertz CT molecular complexity index is 959. The molecular weight excluding hydrogens is 406 g/mol. The van der Waals surface area contributed by atoms with E-state index in [9.17, 15) is 4.79 Å². The van der Waals surface area contributed by atoms with Crippen LogP contribution in [-0.4, -0.2) is 15.7 Å². The first-order valence-corrected chi connectivity index (χ1v) is 9.81. The van der Waals surface area contributed by atoms with Crippen LogP contribution in [0.1, 0.15) is 41.5 Å². The molecule has 0 fully saturated rings. The third-order valence-corrected chi connectivity index (χ3v) is 5.17. The third-order valence-electron chi connectivity index (χ3n) is 4.75. The van der Waals surface area contributed by atoms with Crippen LogP contribution in [0.3, 0.4) is 0 Å². The van der Waals surface area contributed by atoms with E-state index in [-0.39, 0.29) is 11.9 Å². The van der Waals surface area contributed by atoms with Gasteiger partial charge in [0.15, 0.2) is 4.67 Å². The molecule has 0 radical (unpaired) electrons. The van der Waals surface area contributed by atoms with Crippen molar-refractivity contribution in [2.24, 2.45) is 0 Å². The lowest BCUT2D eigenvalue weighted by Gasteiger charge is -2.23. The molecule has 1 amide bonds. The van der Waals surface area contributed by atoms with Crippen molar-refractivity contribution in [3.63, 3.8) is 0 Å². The average molecular weight is 426 g/mol. The molecule has 0 saturated carbocycles. The van der Waals surface area contributed by atoms with Crippen molar-refractivity contribution in [1.29, 1.82) is 0 Å². The number of aromatic nitrogens is 2. The quantitative estimate of drug-likeness (QED) is 0.612. The molecule has 27 heavy (non-hydrogen) atoms. The number of halogens is 1. The van der Waals surface area contributed by atoms with Gasteiger partial charge in [-0.1, -0.05) is 30.3 Å². The third kappa shape index (κ3) is 4.22. The Balaban J connectivity index is 1.45. The normalized spacial score (nSPS) is 16.4. The van der Waals surface area contributed by atoms with Crippen molar-refractivity contribution in [3.05, 3.63) is 82.0 Å². The van der Waals surface area contributed by atoms with E-state index >= 15 is 0 Å². The summed E-state index contributed by atoms with van der Waals surface area (Å²) in [7, 11) is 0. The minimum atomic E-state index is -0.129. The van der Waals surface area contributed by atoms with Gasteiger partial charge in [-0.15, -0.1) is 0 Å². The number of furan rings is 1. The number of nitrogens with one attached hydrogen (secondary N) is 1. The zero-order chi connectivity index (χ0) is 18.6. The van der Waals surface area contributed by atoms with E-state index in [2.05, 4.69) is 43.2 Å². The van der Waals surface area contributed by atoms with E-state index in [1.54, 1.807) is 18.2 Å². The van der Waals surface area contributed by atoms with Crippen LogP contribution in [0.25, 0.3) is 6.08 Å². The Morgan fingerprint density at radius 1 is 1.30 bits per heavy atom. The van der Waals surface area contributed by atoms with Crippen LogP contribution < -0.4 is 5.32 Å². The van der Waals surface area contributed by atoms with E-state index in [0.29, 0.717) is 10.4 Å². The van der Waals surface area contributed by atoms with Gasteiger partial charge in [0.1, 0.15) is 5.76 Å². The number of fused-ring (bicyclic) bond motifs is 1. The highest BCUT2D eigenvalue weighted by molar-refractivity contribution is 9.10. The summed E-state index contributed by atoms with van der Waals surface area (Å²) < 4.78 is 8.08. The maximum Gasteiger partial charge on any atom is 0.244 e. The number of rotatable bonds is 5. The lowest BCUT2D eigenvalue weighted by molar-refractivity contribution is -0.117. The molecule has 1 aromatic carbocycles. The highest BCUT2D eigenvalue weighted by Crippen LogP contribution is 2.30. The summed E-state index contributed by atoms with van der Waals surface area (Å²) in [5.74, 6) is 0.508. The number of benzene rings is 1. The second kappa shape index (κ2) is 7.96. The second-order valence-electron chi connectivity index (χ2n) is 6.62. The van der Waals surface area contributed by atoms with Crippen molar-refractivity contribution in [1.82, 2.24) is 15.1 Å². The predicted octanol–water partition coefficient (Wildman–Crippen LogP) is 4.49. The number of nitrogens with zero attached hydrogens (tertiary/aromatic N) is 2. The average Bonchev–Trinajstić information content (AvgIpc) is 3.28. The van der Waals surface area contributed by atoms with E-state index in [1.807, 2.05) is 24.4 Å². The smallest absolute Gasteiger partial charge is 0.244 e. The largest absolute Gasteiger partial charge is 0.450 e. The molecule has 1 aliphatic rings. The van der Waals surface area contributed by atoms with Gasteiger partial charge in [-0.2, -0.15) is 5.10 Å². The molecule has 6 heteroatoms. The first-order chi connectivity index (χ1) is 13.2. The minimum absolute atomic E-state index is 0.00115. The molecule has 0 bridgehead atoms. The van der Waals surface area contributed by atoms with Gasteiger partial charge in [0, 0.05) is 17.3 Å². The van der Waals surface area contributed by atoms with Crippen molar-refractivity contribution < 1.29 is 9.21 Å². The molecule has 4 rings (SSSR count). The van der Waals surface area contributed by atoms with E-state index < -0.39 is 0 Å². The van der Waals surface area contributed by atoms with Crippen LogP contribution in [0.15, 0.2) is 63.8 Å². The summed E-state index contributed by atoms with van der Waals surface area (Å²) in [6, 6.07) is 13.9. The Hall–Kier alpha value is -2.60. The summed E-state index contributed by atoms with van der Waals surface area (Å²) in [5.41, 5.74) is 3.57. The van der Waals surface area contributed by atoms with Crippen LogP contribution in [0.4, 0.5) is 0 Å². The molecule has 138 valence electrons. The van der Waals surface area contributed by atoms with Gasteiger partial charge >= 0.3 is 0 Å². The lowest BCUT2D eigenvalue weighted by atomic mass is 9.93. The lowest BCUT2D eigenvalue weighted by Crippen LogP contribution is -2.29. The van der Waals surface area contributed by atoms with Crippen LogP contribution in [-0.2, 0) is 17.8 Å². The van der Waals surface area contributed by atoms with Crippen molar-refractivity contribution in [2.75, 3.05) is 0 Å². The first kappa shape index (κ1) is 17.8. The zero-order valence-corrected chi connectivity index (χ0v) is 16.4. The number of carbonyl (C=O) groups is 1. The van der Waals surface area contributed by atoms with Gasteiger partial charge in [0.25, 0.3) is 0 Å². The fourth-order valence-corrected chi connectivity index (χ4v) is 3.78. The van der Waals surface area contributed by atoms with Crippen molar-refractivity contribution >= 4 is 27.9 Å². The number of carbonyl (C=O) groups excluding carboxylic acids is 1. The van der Waals surface area contributed by atoms with Crippen LogP contribution in [0, 0.1) is 0 Å². The summed E-state index contributed by atoms with van der Waals surface area (Å²) in [6.07, 6.45) is 8.03. The van der Waals surface area contributed by atoms with Gasteiger partial charge in [-0.05, 0) is 59.0 Å². The minimum Gasteiger partial charge on any atom is -0.450 e. The predicted molar refractivity (Wildman–Crippen MR) is 107 cm³/mol. The van der Waals surface area contributed by atoms with Gasteiger partial charge in [-0.25, -0.2) is 0 Å². The molecule has 3 aromatic rings. The molecule has 0 aliphatic heterocycles. The summed E-state index contributed by atoms with van der Waals surface area (Å²) in [6.45, 7) is 0.754. The zero-order valence-electron chi connectivity index (χ0n) is 14.8. The topological polar surface area (TPSA) is 60.1 Å². The number of hydrogen-bond acceptors (Lipinski definition) is 3. The van der Waals surface area contributed by atoms with Gasteiger partial charge in [-0.3, -0.25) is 9.48 Å². The monoisotopic (exact) mass is 425 g/mol. The van der Waals surface area contributed by atoms with E-state index in [4.69, 9.17) is 4.42 Å². The number of hydrogen-bond donors (Lipinski definition) is 1. The molecule has 2 aromatic heterocycles. The Morgan fingerprint density at radius 2 is 2.15 bits per heavy atom. The highest BCUT2D eigenvalue weighted by Gasteiger charge is 2.25. The molecule has 1 unspecified atom stereocenters. The summed E-state index contributed by atoms with van der Waals surface area (Å²) >= 11 is 3.25. The standard InChI is InChI=1S/C21H20BrN3O2/c22-20-11-9-16(27-20)10-12-21(26)24-18-7-4-8-19-17(18)13-23-25(19)14-15-5-2-1-3-6-15/h1-3,5-6,9-13,18H,4,7-8,14H2,(H,24,26)/b12-10+. The van der Waals surface area contributed by atoms with Crippen LogP contribution in [0.5, 0.6) is 0 Å². The second-order valence-corrected chi connectivity index (χ2v) is 7.40. The molecule has 1 N–H and O–H groups in total. The Kier molecular flexibility index (Phi) is 5.25. The van der Waals surface area contributed by atoms with Crippen LogP contribution >= 0.6 is 15.9 Å². The summed E-state index contributed by atoms with van der Waals surface area (Å²) in [4.78, 5) is 12.3. The molecule has 1 aliphatic carbocycles. The Morgan fingerprint density at radius 3 is 2.93 bits per heavy atom.